The third-order valence-electron chi connectivity index (χ3n) is 14.5. The van der Waals surface area contributed by atoms with Gasteiger partial charge in [-0.1, -0.05) is 334 Å². The fraction of sp³-hybridized carbons (Fsp3) is 0.703. The second-order valence-corrected chi connectivity index (χ2v) is 22.2. The van der Waals surface area contributed by atoms with Crippen LogP contribution in [0.25, 0.3) is 0 Å². The van der Waals surface area contributed by atoms with E-state index in [0.29, 0.717) is 12.8 Å². The van der Waals surface area contributed by atoms with Crippen LogP contribution >= 0.6 is 0 Å². The number of esters is 2. The van der Waals surface area contributed by atoms with Gasteiger partial charge in [-0.05, 0) is 89.9 Å². The van der Waals surface area contributed by atoms with Crippen molar-refractivity contribution in [1.82, 2.24) is 0 Å². The van der Waals surface area contributed by atoms with E-state index in [2.05, 4.69) is 135 Å². The van der Waals surface area contributed by atoms with Crippen LogP contribution in [0.1, 0.15) is 316 Å². The predicted octanol–water partition coefficient (Wildman–Crippen LogP) is 23.4. The fourth-order valence-electron chi connectivity index (χ4n) is 9.53. The lowest BCUT2D eigenvalue weighted by Crippen LogP contribution is -2.28. The zero-order valence-electron chi connectivity index (χ0n) is 51.9. The van der Waals surface area contributed by atoms with Crippen molar-refractivity contribution in [2.75, 3.05) is 13.2 Å². The summed E-state index contributed by atoms with van der Waals surface area (Å²) in [5.41, 5.74) is 0. The van der Waals surface area contributed by atoms with E-state index in [0.717, 1.165) is 109 Å². The highest BCUT2D eigenvalue weighted by Crippen LogP contribution is 2.17. The molecule has 452 valence electrons. The van der Waals surface area contributed by atoms with Crippen LogP contribution in [0.3, 0.4) is 0 Å². The van der Waals surface area contributed by atoms with Gasteiger partial charge in [0.1, 0.15) is 6.61 Å². The molecule has 0 fully saturated rings. The molecule has 0 aromatic carbocycles. The first-order valence-electron chi connectivity index (χ1n) is 33.6. The summed E-state index contributed by atoms with van der Waals surface area (Å²) in [4.78, 5) is 24.6. The molecular weight excluding hydrogens is 969 g/mol. The number of aliphatic hydroxyl groups is 1. The zero-order valence-corrected chi connectivity index (χ0v) is 51.9. The lowest BCUT2D eigenvalue weighted by molar-refractivity contribution is -0.161. The molecule has 0 saturated carbocycles. The molecule has 0 aromatic rings. The van der Waals surface area contributed by atoms with E-state index in [4.69, 9.17) is 9.47 Å². The van der Waals surface area contributed by atoms with E-state index < -0.39 is 6.10 Å². The van der Waals surface area contributed by atoms with Crippen LogP contribution in [-0.2, 0) is 19.1 Å². The van der Waals surface area contributed by atoms with Gasteiger partial charge in [0.15, 0.2) is 6.10 Å². The van der Waals surface area contributed by atoms with Crippen LogP contribution in [0.4, 0.5) is 0 Å². The molecule has 0 saturated heterocycles. The summed E-state index contributed by atoms with van der Waals surface area (Å²) in [6.07, 6.45) is 101. The summed E-state index contributed by atoms with van der Waals surface area (Å²) in [6.45, 7) is 4.05. The first kappa shape index (κ1) is 75.3. The number of rotatable bonds is 61. The SMILES string of the molecule is CC/C=C\C/C=C\C/C=C\C/C=C\C/C=C\C/C=C\C/C=C\C/C=C\C/C=C\C/C=C\CCCCCCCCC(=O)OC(CO)COC(=O)CCCCCCCCCCCCCCCCCCCCCCCCCCCCCC. The van der Waals surface area contributed by atoms with Crippen LogP contribution in [0.2, 0.25) is 0 Å². The van der Waals surface area contributed by atoms with Crippen molar-refractivity contribution in [2.24, 2.45) is 0 Å². The van der Waals surface area contributed by atoms with Gasteiger partial charge in [-0.25, -0.2) is 0 Å². The van der Waals surface area contributed by atoms with E-state index in [1.807, 2.05) is 0 Å². The Morgan fingerprint density at radius 3 is 0.823 bits per heavy atom. The monoisotopic (exact) mass is 1090 g/mol. The lowest BCUT2D eigenvalue weighted by atomic mass is 10.0. The maximum atomic E-state index is 12.3. The minimum absolute atomic E-state index is 0.0750. The van der Waals surface area contributed by atoms with E-state index >= 15 is 0 Å². The molecular formula is C74H126O5. The van der Waals surface area contributed by atoms with Gasteiger partial charge in [-0.3, -0.25) is 9.59 Å². The predicted molar refractivity (Wildman–Crippen MR) is 348 cm³/mol. The van der Waals surface area contributed by atoms with Gasteiger partial charge in [-0.2, -0.15) is 0 Å². The van der Waals surface area contributed by atoms with Crippen molar-refractivity contribution >= 4 is 11.9 Å². The van der Waals surface area contributed by atoms with Crippen LogP contribution < -0.4 is 0 Å². The molecule has 0 aliphatic carbocycles. The first-order chi connectivity index (χ1) is 39.1. The topological polar surface area (TPSA) is 72.8 Å². The van der Waals surface area contributed by atoms with Crippen LogP contribution in [-0.4, -0.2) is 36.4 Å². The quantitative estimate of drug-likeness (QED) is 0.0373. The van der Waals surface area contributed by atoms with Crippen LogP contribution in [0.15, 0.2) is 122 Å². The average Bonchev–Trinajstić information content (AvgIpc) is 3.45. The Hall–Kier alpha value is -3.70. The molecule has 0 spiro atoms. The number of carbonyl (C=O) groups is 2. The average molecular weight is 1100 g/mol. The van der Waals surface area contributed by atoms with Crippen molar-refractivity contribution < 1.29 is 24.2 Å². The van der Waals surface area contributed by atoms with Crippen molar-refractivity contribution in [2.45, 2.75) is 322 Å². The molecule has 0 aliphatic rings. The summed E-state index contributed by atoms with van der Waals surface area (Å²) in [6, 6.07) is 0. The summed E-state index contributed by atoms with van der Waals surface area (Å²) in [5.74, 6) is -0.602. The molecule has 1 N–H and O–H groups in total. The molecule has 0 aliphatic heterocycles. The Labute approximate surface area is 490 Å². The molecule has 0 amide bonds. The van der Waals surface area contributed by atoms with Crippen LogP contribution in [0.5, 0.6) is 0 Å². The van der Waals surface area contributed by atoms with Gasteiger partial charge in [-0.15, -0.1) is 0 Å². The molecule has 1 unspecified atom stereocenters. The molecule has 5 heteroatoms. The van der Waals surface area contributed by atoms with E-state index in [1.165, 1.54) is 180 Å². The number of aliphatic hydroxyl groups excluding tert-OH is 1. The van der Waals surface area contributed by atoms with Gasteiger partial charge in [0.05, 0.1) is 6.61 Å². The van der Waals surface area contributed by atoms with Crippen molar-refractivity contribution in [3.8, 4) is 0 Å². The fourth-order valence-corrected chi connectivity index (χ4v) is 9.53. The molecule has 5 nitrogen and oxygen atoms in total. The number of hydrogen-bond acceptors (Lipinski definition) is 5. The number of ether oxygens (including phenoxy) is 2. The Bertz CT molecular complexity index is 1570. The molecule has 0 heterocycles. The summed E-state index contributed by atoms with van der Waals surface area (Å²) in [5, 5.41) is 9.69. The Morgan fingerprint density at radius 2 is 0.544 bits per heavy atom. The molecule has 0 radical (unpaired) electrons. The van der Waals surface area contributed by atoms with Crippen molar-refractivity contribution in [1.29, 1.82) is 0 Å². The number of carbonyl (C=O) groups excluding carboxylic acids is 2. The molecule has 0 rings (SSSR count). The normalized spacial score (nSPS) is 13.0. The highest BCUT2D eigenvalue weighted by atomic mass is 16.6. The Kier molecular flexibility index (Phi) is 65.4. The largest absolute Gasteiger partial charge is 0.462 e. The maximum absolute atomic E-state index is 12.3. The van der Waals surface area contributed by atoms with Crippen molar-refractivity contribution in [3.63, 3.8) is 0 Å². The first-order valence-corrected chi connectivity index (χ1v) is 33.6. The second kappa shape index (κ2) is 68.6. The van der Waals surface area contributed by atoms with Gasteiger partial charge < -0.3 is 14.6 Å². The molecule has 1 atom stereocenters. The van der Waals surface area contributed by atoms with E-state index in [-0.39, 0.29) is 25.2 Å². The Balaban J connectivity index is 3.55. The number of unbranched alkanes of at least 4 members (excludes halogenated alkanes) is 33. The van der Waals surface area contributed by atoms with E-state index in [1.54, 1.807) is 0 Å². The van der Waals surface area contributed by atoms with E-state index in [9.17, 15) is 14.7 Å². The maximum Gasteiger partial charge on any atom is 0.306 e. The molecule has 0 bridgehead atoms. The summed E-state index contributed by atoms with van der Waals surface area (Å²) < 4.78 is 10.7. The summed E-state index contributed by atoms with van der Waals surface area (Å²) in [7, 11) is 0. The minimum atomic E-state index is -0.788. The smallest absolute Gasteiger partial charge is 0.306 e. The second-order valence-electron chi connectivity index (χ2n) is 22.2. The van der Waals surface area contributed by atoms with Gasteiger partial charge in [0, 0.05) is 12.8 Å². The third-order valence-corrected chi connectivity index (χ3v) is 14.5. The minimum Gasteiger partial charge on any atom is -0.462 e. The molecule has 0 aromatic heterocycles. The standard InChI is InChI=1S/C74H126O5/c1-3-5-7-9-11-13-15-17-19-21-23-25-27-29-31-33-34-35-36-37-38-39-40-41-43-45-47-49-51-53-55-57-59-61-63-65-67-69-74(77)79-72(70-75)71-78-73(76)68-66-64-62-60-58-56-54-52-50-48-46-44-42-32-30-28-26-24-22-20-18-16-14-12-10-8-6-4-2/h5,7,11,13,17,19,23,25,29,31,34-35,37-38,40-41,45,47,51,53,72,75H,3-4,6,8-10,12,14-16,18,20-22,24,26-28,30,32-33,36,39,42-44,46,48-50,52,54-71H2,1-2H3/b7-5-,13-11-,19-17-,25-23-,31-29-,35-34-,38-37-,41-40-,47-45-,53-51-. The molecule has 79 heavy (non-hydrogen) atoms. The third kappa shape index (κ3) is 66.7. The number of hydrogen-bond donors (Lipinski definition) is 1. The van der Waals surface area contributed by atoms with Gasteiger partial charge in [0.25, 0.3) is 0 Å². The highest BCUT2D eigenvalue weighted by molar-refractivity contribution is 5.70. The Morgan fingerprint density at radius 1 is 0.304 bits per heavy atom. The number of allylic oxidation sites excluding steroid dienone is 20. The van der Waals surface area contributed by atoms with Crippen LogP contribution in [0, 0.1) is 0 Å². The highest BCUT2D eigenvalue weighted by Gasteiger charge is 2.16. The zero-order chi connectivity index (χ0) is 56.9. The lowest BCUT2D eigenvalue weighted by Gasteiger charge is -2.15. The van der Waals surface area contributed by atoms with Gasteiger partial charge >= 0.3 is 11.9 Å². The van der Waals surface area contributed by atoms with Crippen molar-refractivity contribution in [3.05, 3.63) is 122 Å². The summed E-state index contributed by atoms with van der Waals surface area (Å²) >= 11 is 0. The van der Waals surface area contributed by atoms with Gasteiger partial charge in [0.2, 0.25) is 0 Å².